The van der Waals surface area contributed by atoms with Crippen LogP contribution in [0.3, 0.4) is 0 Å². The fraction of sp³-hybridized carbons (Fsp3) is 0.125. The van der Waals surface area contributed by atoms with E-state index in [0.29, 0.717) is 22.0 Å². The lowest BCUT2D eigenvalue weighted by Crippen LogP contribution is -2.20. The molecule has 3 nitrogen and oxygen atoms in total. The summed E-state index contributed by atoms with van der Waals surface area (Å²) in [6, 6.07) is 14.4. The van der Waals surface area contributed by atoms with E-state index >= 15 is 0 Å². The average Bonchev–Trinajstić information content (AvgIpc) is 2.48. The van der Waals surface area contributed by atoms with E-state index in [1.807, 2.05) is 37.3 Å². The highest BCUT2D eigenvalue weighted by molar-refractivity contribution is 6.36. The molecule has 0 saturated heterocycles. The highest BCUT2D eigenvalue weighted by Gasteiger charge is 2.10. The molecule has 0 heterocycles. The van der Waals surface area contributed by atoms with Crippen molar-refractivity contribution in [3.05, 3.63) is 69.7 Å². The Morgan fingerprint density at radius 3 is 2.48 bits per heavy atom. The fourth-order valence-electron chi connectivity index (χ4n) is 1.83. The van der Waals surface area contributed by atoms with Crippen LogP contribution in [0.1, 0.15) is 29.3 Å². The van der Waals surface area contributed by atoms with Gasteiger partial charge < -0.3 is 0 Å². The summed E-state index contributed by atoms with van der Waals surface area (Å²) in [6.07, 6.45) is 0.707. The van der Waals surface area contributed by atoms with Crippen molar-refractivity contribution in [3.63, 3.8) is 0 Å². The molecule has 0 spiro atoms. The van der Waals surface area contributed by atoms with E-state index in [-0.39, 0.29) is 5.91 Å². The normalized spacial score (nSPS) is 11.3. The smallest absolute Gasteiger partial charge is 0.267 e. The molecule has 0 radical (unpaired) electrons. The first-order valence-electron chi connectivity index (χ1n) is 6.49. The first-order valence-corrected chi connectivity index (χ1v) is 7.24. The minimum absolute atomic E-state index is 0.299. The maximum atomic E-state index is 12.1. The van der Waals surface area contributed by atoms with Crippen molar-refractivity contribution in [1.29, 1.82) is 0 Å². The summed E-state index contributed by atoms with van der Waals surface area (Å²) < 4.78 is 0. The van der Waals surface area contributed by atoms with E-state index in [2.05, 4.69) is 10.5 Å². The molecule has 0 bridgehead atoms. The lowest BCUT2D eigenvalue weighted by molar-refractivity contribution is 0.0955. The summed E-state index contributed by atoms with van der Waals surface area (Å²) in [5, 5.41) is 4.96. The summed E-state index contributed by atoms with van der Waals surface area (Å²) in [4.78, 5) is 12.1. The molecule has 0 aliphatic carbocycles. The second-order valence-electron chi connectivity index (χ2n) is 4.34. The molecule has 0 unspecified atom stereocenters. The van der Waals surface area contributed by atoms with Crippen LogP contribution < -0.4 is 5.43 Å². The zero-order valence-corrected chi connectivity index (χ0v) is 12.9. The Morgan fingerprint density at radius 2 is 1.86 bits per heavy atom. The van der Waals surface area contributed by atoms with E-state index in [1.54, 1.807) is 12.1 Å². The van der Waals surface area contributed by atoms with Crippen molar-refractivity contribution < 1.29 is 4.79 Å². The Bertz CT molecular complexity index is 669. The molecule has 0 aliphatic heterocycles. The maximum absolute atomic E-state index is 12.1. The Labute approximate surface area is 133 Å². The van der Waals surface area contributed by atoms with Gasteiger partial charge >= 0.3 is 0 Å². The topological polar surface area (TPSA) is 41.5 Å². The molecule has 0 aliphatic rings. The molecule has 0 saturated carbocycles. The first kappa shape index (κ1) is 15.5. The molecular weight excluding hydrogens is 307 g/mol. The summed E-state index contributed by atoms with van der Waals surface area (Å²) in [7, 11) is 0. The number of carbonyl (C=O) groups is 1. The number of nitrogens with one attached hydrogen (secondary N) is 1. The summed E-state index contributed by atoms with van der Waals surface area (Å²) >= 11 is 11.8. The zero-order valence-electron chi connectivity index (χ0n) is 11.4. The molecule has 2 rings (SSSR count). The van der Waals surface area contributed by atoms with Gasteiger partial charge in [0.1, 0.15) is 0 Å². The minimum atomic E-state index is -0.362. The van der Waals surface area contributed by atoms with Crippen LogP contribution in [0.4, 0.5) is 0 Å². The number of halogens is 2. The van der Waals surface area contributed by atoms with Crippen molar-refractivity contribution in [2.45, 2.75) is 13.3 Å². The fourth-order valence-corrected chi connectivity index (χ4v) is 2.32. The van der Waals surface area contributed by atoms with Gasteiger partial charge in [-0.25, -0.2) is 5.43 Å². The highest BCUT2D eigenvalue weighted by atomic mass is 35.5. The van der Waals surface area contributed by atoms with E-state index < -0.39 is 0 Å². The largest absolute Gasteiger partial charge is 0.272 e. The van der Waals surface area contributed by atoms with Crippen molar-refractivity contribution in [1.82, 2.24) is 5.43 Å². The van der Waals surface area contributed by atoms with Crippen LogP contribution in [0.2, 0.25) is 10.0 Å². The van der Waals surface area contributed by atoms with E-state index in [9.17, 15) is 4.79 Å². The lowest BCUT2D eigenvalue weighted by atomic mass is 10.1. The Kier molecular flexibility index (Phi) is 5.37. The summed E-state index contributed by atoms with van der Waals surface area (Å²) in [5.41, 5.74) is 4.65. The number of hydrogen-bond donors (Lipinski definition) is 1. The molecule has 2 aromatic rings. The average molecular weight is 321 g/mol. The van der Waals surface area contributed by atoms with Crippen molar-refractivity contribution in [3.8, 4) is 0 Å². The maximum Gasteiger partial charge on any atom is 0.272 e. The standard InChI is InChI=1S/C16H14Cl2N2O/c1-2-15(11-6-4-3-5-7-11)19-20-16(21)13-9-8-12(17)10-14(13)18/h3-10H,2H2,1H3,(H,20,21)/b19-15+. The van der Waals surface area contributed by atoms with Crippen LogP contribution in [-0.2, 0) is 0 Å². The van der Waals surface area contributed by atoms with E-state index in [4.69, 9.17) is 23.2 Å². The number of amides is 1. The third-order valence-electron chi connectivity index (χ3n) is 2.91. The Morgan fingerprint density at radius 1 is 1.14 bits per heavy atom. The molecule has 1 N–H and O–H groups in total. The third kappa shape index (κ3) is 4.06. The molecular formula is C16H14Cl2N2O. The van der Waals surface area contributed by atoms with Crippen LogP contribution in [-0.4, -0.2) is 11.6 Å². The molecule has 0 aromatic heterocycles. The predicted molar refractivity (Wildman–Crippen MR) is 87.2 cm³/mol. The molecule has 5 heteroatoms. The zero-order chi connectivity index (χ0) is 15.2. The van der Waals surface area contributed by atoms with Crippen molar-refractivity contribution >= 4 is 34.8 Å². The molecule has 2 aromatic carbocycles. The van der Waals surface area contributed by atoms with Crippen LogP contribution in [0.15, 0.2) is 53.6 Å². The van der Waals surface area contributed by atoms with Crippen LogP contribution in [0.25, 0.3) is 0 Å². The van der Waals surface area contributed by atoms with Gasteiger partial charge in [0, 0.05) is 5.02 Å². The number of rotatable bonds is 4. The van der Waals surface area contributed by atoms with Gasteiger partial charge in [-0.05, 0) is 30.2 Å². The highest BCUT2D eigenvalue weighted by Crippen LogP contribution is 2.20. The quantitative estimate of drug-likeness (QED) is 0.652. The van der Waals surface area contributed by atoms with E-state index in [1.165, 1.54) is 6.07 Å². The number of nitrogens with zero attached hydrogens (tertiary/aromatic N) is 1. The summed E-state index contributed by atoms with van der Waals surface area (Å²) in [5.74, 6) is -0.362. The molecule has 108 valence electrons. The van der Waals surface area contributed by atoms with Crippen LogP contribution in [0.5, 0.6) is 0 Å². The second-order valence-corrected chi connectivity index (χ2v) is 5.19. The van der Waals surface area contributed by atoms with Crippen LogP contribution >= 0.6 is 23.2 Å². The van der Waals surface area contributed by atoms with Crippen molar-refractivity contribution in [2.75, 3.05) is 0 Å². The van der Waals surface area contributed by atoms with Gasteiger partial charge in [0.25, 0.3) is 5.91 Å². The van der Waals surface area contributed by atoms with E-state index in [0.717, 1.165) is 11.3 Å². The second kappa shape index (κ2) is 7.25. The third-order valence-corrected chi connectivity index (χ3v) is 3.46. The van der Waals surface area contributed by atoms with Gasteiger partial charge in [-0.3, -0.25) is 4.79 Å². The Balaban J connectivity index is 2.17. The van der Waals surface area contributed by atoms with Gasteiger partial charge in [0.15, 0.2) is 0 Å². The van der Waals surface area contributed by atoms with Crippen LogP contribution in [0, 0.1) is 0 Å². The van der Waals surface area contributed by atoms with Gasteiger partial charge in [-0.1, -0.05) is 60.5 Å². The van der Waals surface area contributed by atoms with Gasteiger partial charge in [-0.2, -0.15) is 5.10 Å². The number of hydrazone groups is 1. The SMILES string of the molecule is CC/C(=N\NC(=O)c1ccc(Cl)cc1Cl)c1ccccc1. The molecule has 21 heavy (non-hydrogen) atoms. The van der Waals surface area contributed by atoms with Gasteiger partial charge in [0.05, 0.1) is 16.3 Å². The first-order chi connectivity index (χ1) is 10.1. The molecule has 0 atom stereocenters. The minimum Gasteiger partial charge on any atom is -0.267 e. The lowest BCUT2D eigenvalue weighted by Gasteiger charge is -2.06. The molecule has 1 amide bonds. The number of hydrogen-bond acceptors (Lipinski definition) is 2. The molecule has 0 fully saturated rings. The van der Waals surface area contributed by atoms with Crippen molar-refractivity contribution in [2.24, 2.45) is 5.10 Å². The number of carbonyl (C=O) groups excluding carboxylic acids is 1. The monoisotopic (exact) mass is 320 g/mol. The number of benzene rings is 2. The summed E-state index contributed by atoms with van der Waals surface area (Å²) in [6.45, 7) is 1.98. The van der Waals surface area contributed by atoms with Gasteiger partial charge in [-0.15, -0.1) is 0 Å². The predicted octanol–water partition coefficient (Wildman–Crippen LogP) is 4.54. The van der Waals surface area contributed by atoms with Gasteiger partial charge in [0.2, 0.25) is 0 Å². The Hall–Kier alpha value is -1.84.